The number of amides is 3. The largest absolute Gasteiger partial charge is 0.342 e. The van der Waals surface area contributed by atoms with Crippen molar-refractivity contribution in [2.24, 2.45) is 11.8 Å². The topological polar surface area (TPSA) is 69.7 Å². The fraction of sp³-hybridized carbons (Fsp3) is 0.591. The molecule has 0 saturated carbocycles. The number of nitrogens with one attached hydrogen (secondary N) is 1. The van der Waals surface area contributed by atoms with Crippen LogP contribution in [0.3, 0.4) is 0 Å². The molecular formula is C22H32FN3O3. The molecule has 1 aromatic rings. The Balaban J connectivity index is 2.15. The lowest BCUT2D eigenvalue weighted by atomic mass is 9.87. The van der Waals surface area contributed by atoms with Crippen molar-refractivity contribution in [1.82, 2.24) is 15.1 Å². The van der Waals surface area contributed by atoms with Crippen LogP contribution < -0.4 is 5.32 Å². The number of halogens is 1. The lowest BCUT2D eigenvalue weighted by Crippen LogP contribution is -2.55. The Kier molecular flexibility index (Phi) is 8.17. The van der Waals surface area contributed by atoms with Crippen molar-refractivity contribution in [3.05, 3.63) is 35.6 Å². The first kappa shape index (κ1) is 22.8. The summed E-state index contributed by atoms with van der Waals surface area (Å²) in [6.45, 7) is 9.85. The van der Waals surface area contributed by atoms with Crippen molar-refractivity contribution >= 4 is 17.7 Å². The Labute approximate surface area is 172 Å². The fourth-order valence-corrected chi connectivity index (χ4v) is 3.76. The van der Waals surface area contributed by atoms with Gasteiger partial charge in [-0.3, -0.25) is 14.4 Å². The molecule has 29 heavy (non-hydrogen) atoms. The third-order valence-corrected chi connectivity index (χ3v) is 5.55. The first-order valence-corrected chi connectivity index (χ1v) is 10.4. The van der Waals surface area contributed by atoms with Gasteiger partial charge < -0.3 is 15.1 Å². The first-order chi connectivity index (χ1) is 13.8. The number of rotatable bonds is 7. The number of likely N-dealkylation sites (N-methyl/N-ethyl adjacent to an activating group) is 1. The van der Waals surface area contributed by atoms with E-state index in [4.69, 9.17) is 0 Å². The van der Waals surface area contributed by atoms with Gasteiger partial charge in [-0.05, 0) is 56.9 Å². The molecule has 1 aliphatic rings. The van der Waals surface area contributed by atoms with Gasteiger partial charge >= 0.3 is 0 Å². The van der Waals surface area contributed by atoms with Crippen molar-refractivity contribution in [2.75, 3.05) is 26.2 Å². The molecule has 3 amide bonds. The van der Waals surface area contributed by atoms with Crippen LogP contribution in [0.25, 0.3) is 0 Å². The Bertz CT molecular complexity index is 709. The Morgan fingerprint density at radius 2 is 1.66 bits per heavy atom. The van der Waals surface area contributed by atoms with Gasteiger partial charge in [0.05, 0.1) is 0 Å². The molecule has 1 aliphatic heterocycles. The molecule has 0 aliphatic carbocycles. The van der Waals surface area contributed by atoms with E-state index in [1.54, 1.807) is 4.90 Å². The Morgan fingerprint density at radius 3 is 2.14 bits per heavy atom. The smallest absolute Gasteiger partial charge is 0.251 e. The van der Waals surface area contributed by atoms with Gasteiger partial charge in [0.2, 0.25) is 11.8 Å². The molecule has 0 aromatic heterocycles. The van der Waals surface area contributed by atoms with Crippen molar-refractivity contribution in [2.45, 2.75) is 46.6 Å². The molecule has 160 valence electrons. The van der Waals surface area contributed by atoms with Gasteiger partial charge in [0.15, 0.2) is 0 Å². The summed E-state index contributed by atoms with van der Waals surface area (Å²) in [5.41, 5.74) is 0.316. The van der Waals surface area contributed by atoms with E-state index in [-0.39, 0.29) is 23.7 Å². The zero-order valence-corrected chi connectivity index (χ0v) is 17.8. The van der Waals surface area contributed by atoms with Crippen LogP contribution in [-0.2, 0) is 9.59 Å². The van der Waals surface area contributed by atoms with Gasteiger partial charge in [-0.15, -0.1) is 0 Å². The van der Waals surface area contributed by atoms with Crippen LogP contribution >= 0.6 is 0 Å². The quantitative estimate of drug-likeness (QED) is 0.758. The van der Waals surface area contributed by atoms with E-state index in [9.17, 15) is 18.8 Å². The van der Waals surface area contributed by atoms with Crippen molar-refractivity contribution < 1.29 is 18.8 Å². The van der Waals surface area contributed by atoms with Crippen LogP contribution in [-0.4, -0.2) is 59.7 Å². The predicted molar refractivity (Wildman–Crippen MR) is 110 cm³/mol. The average molecular weight is 406 g/mol. The summed E-state index contributed by atoms with van der Waals surface area (Å²) < 4.78 is 13.2. The molecule has 1 fully saturated rings. The van der Waals surface area contributed by atoms with Gasteiger partial charge in [-0.1, -0.05) is 13.8 Å². The molecule has 1 heterocycles. The Morgan fingerprint density at radius 1 is 1.10 bits per heavy atom. The predicted octanol–water partition coefficient (Wildman–Crippen LogP) is 2.69. The molecule has 1 N–H and O–H groups in total. The highest BCUT2D eigenvalue weighted by Gasteiger charge is 2.35. The van der Waals surface area contributed by atoms with E-state index in [0.717, 1.165) is 0 Å². The number of hydrogen-bond donors (Lipinski definition) is 1. The van der Waals surface area contributed by atoms with Crippen LogP contribution in [0.4, 0.5) is 4.39 Å². The molecule has 0 unspecified atom stereocenters. The van der Waals surface area contributed by atoms with E-state index >= 15 is 0 Å². The lowest BCUT2D eigenvalue weighted by Gasteiger charge is -2.38. The minimum atomic E-state index is -0.663. The number of piperidine rings is 1. The molecule has 0 radical (unpaired) electrons. The summed E-state index contributed by atoms with van der Waals surface area (Å²) in [5, 5.41) is 2.88. The van der Waals surface area contributed by atoms with Crippen molar-refractivity contribution in [3.8, 4) is 0 Å². The zero-order chi connectivity index (χ0) is 21.6. The molecule has 6 nitrogen and oxygen atoms in total. The van der Waals surface area contributed by atoms with Crippen LogP contribution in [0, 0.1) is 17.7 Å². The normalized spacial score (nSPS) is 15.9. The molecule has 7 heteroatoms. The number of nitrogens with zero attached hydrogens (tertiary/aromatic N) is 2. The van der Waals surface area contributed by atoms with E-state index in [0.29, 0.717) is 44.6 Å². The molecule has 2 rings (SSSR count). The van der Waals surface area contributed by atoms with Crippen LogP contribution in [0.1, 0.15) is 50.9 Å². The van der Waals surface area contributed by atoms with E-state index in [2.05, 4.69) is 5.32 Å². The second-order valence-electron chi connectivity index (χ2n) is 7.79. The third-order valence-electron chi connectivity index (χ3n) is 5.55. The molecule has 1 aromatic carbocycles. The number of carbonyl (C=O) groups is 3. The third kappa shape index (κ3) is 5.78. The fourth-order valence-electron chi connectivity index (χ4n) is 3.76. The zero-order valence-electron chi connectivity index (χ0n) is 17.8. The summed E-state index contributed by atoms with van der Waals surface area (Å²) in [6.07, 6.45) is 1.31. The molecule has 1 saturated heterocycles. The van der Waals surface area contributed by atoms with Crippen molar-refractivity contribution in [3.63, 3.8) is 0 Å². The second kappa shape index (κ2) is 10.4. The maximum atomic E-state index is 13.2. The van der Waals surface area contributed by atoms with E-state index in [1.165, 1.54) is 24.3 Å². The van der Waals surface area contributed by atoms with Crippen molar-refractivity contribution in [1.29, 1.82) is 0 Å². The van der Waals surface area contributed by atoms with E-state index < -0.39 is 17.8 Å². The SMILES string of the molecule is CCN(CC)C(=O)[C@H](NC(=O)c1ccc(F)cc1)C1CCN(C(=O)C(C)C)CC1. The summed E-state index contributed by atoms with van der Waals surface area (Å²) in [5.74, 6) is -0.915. The molecule has 0 bridgehead atoms. The lowest BCUT2D eigenvalue weighted by molar-refractivity contribution is -0.137. The van der Waals surface area contributed by atoms with Crippen LogP contribution in [0.5, 0.6) is 0 Å². The summed E-state index contributed by atoms with van der Waals surface area (Å²) in [4.78, 5) is 41.6. The monoisotopic (exact) mass is 405 g/mol. The number of hydrogen-bond acceptors (Lipinski definition) is 3. The summed E-state index contributed by atoms with van der Waals surface area (Å²) in [7, 11) is 0. The molecule has 1 atom stereocenters. The van der Waals surface area contributed by atoms with Gasteiger partial charge in [-0.2, -0.15) is 0 Å². The molecular weight excluding hydrogens is 373 g/mol. The number of carbonyl (C=O) groups excluding carboxylic acids is 3. The van der Waals surface area contributed by atoms with Gasteiger partial charge in [0, 0.05) is 37.7 Å². The maximum absolute atomic E-state index is 13.2. The van der Waals surface area contributed by atoms with Gasteiger partial charge in [-0.25, -0.2) is 4.39 Å². The highest BCUT2D eigenvalue weighted by atomic mass is 19.1. The van der Waals surface area contributed by atoms with Gasteiger partial charge in [0.25, 0.3) is 5.91 Å². The highest BCUT2D eigenvalue weighted by molar-refractivity contribution is 5.97. The summed E-state index contributed by atoms with van der Waals surface area (Å²) in [6, 6.07) is 4.61. The van der Waals surface area contributed by atoms with E-state index in [1.807, 2.05) is 32.6 Å². The number of benzene rings is 1. The maximum Gasteiger partial charge on any atom is 0.251 e. The van der Waals surface area contributed by atoms with Gasteiger partial charge in [0.1, 0.15) is 11.9 Å². The molecule has 0 spiro atoms. The van der Waals surface area contributed by atoms with Crippen LogP contribution in [0.2, 0.25) is 0 Å². The highest BCUT2D eigenvalue weighted by Crippen LogP contribution is 2.24. The average Bonchev–Trinajstić information content (AvgIpc) is 2.72. The minimum Gasteiger partial charge on any atom is -0.342 e. The second-order valence-corrected chi connectivity index (χ2v) is 7.79. The summed E-state index contributed by atoms with van der Waals surface area (Å²) >= 11 is 0. The minimum absolute atomic E-state index is 0.0521. The first-order valence-electron chi connectivity index (χ1n) is 10.4. The Hall–Kier alpha value is -2.44. The standard InChI is InChI=1S/C22H32FN3O3/c1-5-25(6-2)22(29)19(24-20(27)17-7-9-18(23)10-8-17)16-11-13-26(14-12-16)21(28)15(3)4/h7-10,15-16,19H,5-6,11-14H2,1-4H3,(H,24,27)/t19-/m1/s1. The van der Waals surface area contributed by atoms with Crippen LogP contribution in [0.15, 0.2) is 24.3 Å². The number of likely N-dealkylation sites (tertiary alicyclic amines) is 1.